The summed E-state index contributed by atoms with van der Waals surface area (Å²) >= 11 is 0. The van der Waals surface area contributed by atoms with Crippen LogP contribution in [0.1, 0.15) is 24.8 Å². The second-order valence-corrected chi connectivity index (χ2v) is 5.09. The molecular weight excluding hydrogens is 258 g/mol. The maximum Gasteiger partial charge on any atom is 0.326 e. The van der Waals surface area contributed by atoms with Crippen LogP contribution in [-0.4, -0.2) is 45.7 Å². The molecule has 0 bridgehead atoms. The van der Waals surface area contributed by atoms with Gasteiger partial charge in [0.15, 0.2) is 0 Å². The first-order valence-electron chi connectivity index (χ1n) is 6.85. The third-order valence-corrected chi connectivity index (χ3v) is 3.63. The molecule has 1 unspecified atom stereocenters. The molecule has 0 spiro atoms. The third-order valence-electron chi connectivity index (χ3n) is 3.63. The summed E-state index contributed by atoms with van der Waals surface area (Å²) < 4.78 is 0. The Bertz CT molecular complexity index is 474. The lowest BCUT2D eigenvalue weighted by molar-refractivity contribution is -0.156. The number of rotatable bonds is 4. The van der Waals surface area contributed by atoms with Gasteiger partial charge >= 0.3 is 5.97 Å². The van der Waals surface area contributed by atoms with Gasteiger partial charge in [0.05, 0.1) is 0 Å². The van der Waals surface area contributed by atoms with Crippen molar-refractivity contribution in [1.29, 1.82) is 0 Å². The molecule has 0 radical (unpaired) electrons. The number of amides is 1. The van der Waals surface area contributed by atoms with Crippen molar-refractivity contribution in [3.63, 3.8) is 0 Å². The van der Waals surface area contributed by atoms with Gasteiger partial charge in [-0.25, -0.2) is 4.79 Å². The van der Waals surface area contributed by atoms with E-state index in [0.717, 1.165) is 18.4 Å². The van der Waals surface area contributed by atoms with E-state index in [1.165, 1.54) is 4.90 Å². The lowest BCUT2D eigenvalue weighted by Gasteiger charge is -2.34. The zero-order valence-corrected chi connectivity index (χ0v) is 11.2. The largest absolute Gasteiger partial charge is 0.480 e. The minimum absolute atomic E-state index is 0.211. The van der Waals surface area contributed by atoms with Gasteiger partial charge in [-0.15, -0.1) is 0 Å². The lowest BCUT2D eigenvalue weighted by atomic mass is 10.00. The van der Waals surface area contributed by atoms with Gasteiger partial charge in [-0.1, -0.05) is 30.3 Å². The predicted octanol–water partition coefficient (Wildman–Crippen LogP) is 1.06. The van der Waals surface area contributed by atoms with Crippen LogP contribution in [0, 0.1) is 0 Å². The van der Waals surface area contributed by atoms with Crippen molar-refractivity contribution in [3.8, 4) is 0 Å². The Labute approximate surface area is 117 Å². The molecule has 5 nitrogen and oxygen atoms in total. The van der Waals surface area contributed by atoms with Crippen LogP contribution in [0.2, 0.25) is 0 Å². The normalized spacial score (nSPS) is 20.4. The number of carboxylic acid groups (broad SMARTS) is 1. The monoisotopic (exact) mass is 277 g/mol. The molecule has 0 aromatic heterocycles. The smallest absolute Gasteiger partial charge is 0.326 e. The molecule has 1 aliphatic rings. The molecule has 1 aromatic carbocycles. The number of likely N-dealkylation sites (tertiary alicyclic amines) is 1. The number of carbonyl (C=O) groups is 2. The highest BCUT2D eigenvalue weighted by atomic mass is 16.4. The van der Waals surface area contributed by atoms with Crippen molar-refractivity contribution < 1.29 is 19.8 Å². The first-order valence-corrected chi connectivity index (χ1v) is 6.85. The van der Waals surface area contributed by atoms with Gasteiger partial charge in [-0.3, -0.25) is 4.79 Å². The maximum atomic E-state index is 12.2. The van der Waals surface area contributed by atoms with Crippen molar-refractivity contribution >= 4 is 11.9 Å². The van der Waals surface area contributed by atoms with Gasteiger partial charge in [0.1, 0.15) is 12.1 Å². The Morgan fingerprint density at radius 1 is 1.25 bits per heavy atom. The highest BCUT2D eigenvalue weighted by Crippen LogP contribution is 2.19. The summed E-state index contributed by atoms with van der Waals surface area (Å²) in [6, 6.07) is 8.41. The second kappa shape index (κ2) is 6.52. The van der Waals surface area contributed by atoms with Gasteiger partial charge in [0.25, 0.3) is 5.91 Å². The van der Waals surface area contributed by atoms with Crippen molar-refractivity contribution in [1.82, 2.24) is 4.90 Å². The summed E-state index contributed by atoms with van der Waals surface area (Å²) in [5.74, 6) is -1.48. The fraction of sp³-hybridized carbons (Fsp3) is 0.467. The van der Waals surface area contributed by atoms with Gasteiger partial charge in [-0.2, -0.15) is 0 Å². The zero-order valence-electron chi connectivity index (χ0n) is 11.2. The molecule has 1 saturated heterocycles. The third kappa shape index (κ3) is 3.36. The molecule has 5 heteroatoms. The van der Waals surface area contributed by atoms with Gasteiger partial charge in [-0.05, 0) is 24.8 Å². The van der Waals surface area contributed by atoms with Crippen molar-refractivity contribution in [3.05, 3.63) is 35.9 Å². The molecule has 1 heterocycles. The minimum atomic E-state index is -1.18. The Hall–Kier alpha value is -1.88. The molecule has 2 rings (SSSR count). The molecular formula is C15H19NO4. The summed E-state index contributed by atoms with van der Waals surface area (Å²) in [6.45, 7) is 0.404. The average molecular weight is 277 g/mol. The first kappa shape index (κ1) is 14.5. The molecule has 1 amide bonds. The molecule has 1 aromatic rings. The van der Waals surface area contributed by atoms with Crippen LogP contribution in [0.15, 0.2) is 30.3 Å². The standard InChI is InChI=1S/C15H19NO4/c17-13(10-11-6-2-1-3-7-11)14(18)16-9-5-4-8-12(16)15(19)20/h1-3,6-7,12-13,17H,4-5,8-10H2,(H,19,20)/t12?,13-/m0/s1. The van der Waals surface area contributed by atoms with E-state index < -0.39 is 24.0 Å². The summed E-state index contributed by atoms with van der Waals surface area (Å²) in [7, 11) is 0. The summed E-state index contributed by atoms with van der Waals surface area (Å²) in [5, 5.41) is 19.2. The number of aliphatic carboxylic acids is 1. The van der Waals surface area contributed by atoms with Crippen LogP contribution in [0.3, 0.4) is 0 Å². The summed E-state index contributed by atoms with van der Waals surface area (Å²) in [6.07, 6.45) is 1.07. The van der Waals surface area contributed by atoms with Crippen LogP contribution in [-0.2, 0) is 16.0 Å². The fourth-order valence-electron chi connectivity index (χ4n) is 2.57. The van der Waals surface area contributed by atoms with E-state index >= 15 is 0 Å². The van der Waals surface area contributed by atoms with Gasteiger partial charge in [0, 0.05) is 13.0 Å². The van der Waals surface area contributed by atoms with Crippen LogP contribution in [0.4, 0.5) is 0 Å². The quantitative estimate of drug-likeness (QED) is 0.862. The highest BCUT2D eigenvalue weighted by molar-refractivity contribution is 5.86. The van der Waals surface area contributed by atoms with Crippen LogP contribution in [0.5, 0.6) is 0 Å². The molecule has 0 saturated carbocycles. The number of piperidine rings is 1. The van der Waals surface area contributed by atoms with E-state index in [9.17, 15) is 14.7 Å². The maximum absolute atomic E-state index is 12.2. The van der Waals surface area contributed by atoms with Crippen LogP contribution in [0.25, 0.3) is 0 Å². The Balaban J connectivity index is 2.03. The number of aliphatic hydroxyl groups is 1. The number of aliphatic hydroxyl groups excluding tert-OH is 1. The molecule has 1 fully saturated rings. The van der Waals surface area contributed by atoms with E-state index in [4.69, 9.17) is 5.11 Å². The van der Waals surface area contributed by atoms with E-state index in [0.29, 0.717) is 13.0 Å². The zero-order chi connectivity index (χ0) is 14.5. The Morgan fingerprint density at radius 2 is 1.95 bits per heavy atom. The Kier molecular flexibility index (Phi) is 4.74. The molecule has 1 aliphatic heterocycles. The van der Waals surface area contributed by atoms with Gasteiger partial charge in [0.2, 0.25) is 0 Å². The van der Waals surface area contributed by atoms with E-state index in [2.05, 4.69) is 0 Å². The number of hydrogen-bond acceptors (Lipinski definition) is 3. The van der Waals surface area contributed by atoms with Gasteiger partial charge < -0.3 is 15.1 Å². The van der Waals surface area contributed by atoms with Crippen molar-refractivity contribution in [2.45, 2.75) is 37.8 Å². The molecule has 20 heavy (non-hydrogen) atoms. The molecule has 2 N–H and O–H groups in total. The number of benzene rings is 1. The predicted molar refractivity (Wildman–Crippen MR) is 73.1 cm³/mol. The number of carboxylic acids is 1. The highest BCUT2D eigenvalue weighted by Gasteiger charge is 2.34. The molecule has 108 valence electrons. The lowest BCUT2D eigenvalue weighted by Crippen LogP contribution is -2.51. The van der Waals surface area contributed by atoms with E-state index in [-0.39, 0.29) is 6.42 Å². The van der Waals surface area contributed by atoms with E-state index in [1.54, 1.807) is 0 Å². The molecule has 2 atom stereocenters. The minimum Gasteiger partial charge on any atom is -0.480 e. The first-order chi connectivity index (χ1) is 9.59. The molecule has 0 aliphatic carbocycles. The van der Waals surface area contributed by atoms with Crippen LogP contribution >= 0.6 is 0 Å². The number of hydrogen-bond donors (Lipinski definition) is 2. The van der Waals surface area contributed by atoms with Crippen molar-refractivity contribution in [2.75, 3.05) is 6.54 Å². The second-order valence-electron chi connectivity index (χ2n) is 5.09. The topological polar surface area (TPSA) is 77.8 Å². The van der Waals surface area contributed by atoms with E-state index in [1.807, 2.05) is 30.3 Å². The van der Waals surface area contributed by atoms with Crippen LogP contribution < -0.4 is 0 Å². The SMILES string of the molecule is O=C(O)C1CCCCN1C(=O)[C@@H](O)Cc1ccccc1. The summed E-state index contributed by atoms with van der Waals surface area (Å²) in [5.41, 5.74) is 0.859. The number of carbonyl (C=O) groups excluding carboxylic acids is 1. The van der Waals surface area contributed by atoms with Crippen molar-refractivity contribution in [2.24, 2.45) is 0 Å². The summed E-state index contributed by atoms with van der Waals surface area (Å²) in [4.78, 5) is 24.7. The fourth-order valence-corrected chi connectivity index (χ4v) is 2.57. The number of nitrogens with zero attached hydrogens (tertiary/aromatic N) is 1. The Morgan fingerprint density at radius 3 is 2.60 bits per heavy atom. The average Bonchev–Trinajstić information content (AvgIpc) is 2.47.